The Kier molecular flexibility index (Phi) is 3.58. The van der Waals surface area contributed by atoms with Gasteiger partial charge < -0.3 is 0 Å². The lowest BCUT2D eigenvalue weighted by Crippen LogP contribution is -2.23. The van der Waals surface area contributed by atoms with Crippen LogP contribution in [-0.2, 0) is 6.18 Å². The molecule has 0 aliphatic heterocycles. The molecule has 0 spiro atoms. The molecule has 0 radical (unpaired) electrons. The zero-order valence-electron chi connectivity index (χ0n) is 9.67. The van der Waals surface area contributed by atoms with Crippen molar-refractivity contribution >= 4 is 0 Å². The quantitative estimate of drug-likeness (QED) is 0.837. The molecule has 1 fully saturated rings. The van der Waals surface area contributed by atoms with Gasteiger partial charge in [0.2, 0.25) is 0 Å². The molecule has 5 heteroatoms. The fraction of sp³-hybridized carbons (Fsp3) is 0.462. The van der Waals surface area contributed by atoms with Gasteiger partial charge in [0.05, 0.1) is 18.2 Å². The van der Waals surface area contributed by atoms with Crippen LogP contribution in [0.1, 0.15) is 30.0 Å². The topological polar surface area (TPSA) is 35.8 Å². The van der Waals surface area contributed by atoms with Gasteiger partial charge in [-0.15, -0.1) is 0 Å². The van der Waals surface area contributed by atoms with E-state index < -0.39 is 11.7 Å². The summed E-state index contributed by atoms with van der Waals surface area (Å²) in [6.07, 6.45) is -2.32. The van der Waals surface area contributed by atoms with Crippen molar-refractivity contribution in [1.29, 1.82) is 5.26 Å². The second-order valence-corrected chi connectivity index (χ2v) is 4.48. The fourth-order valence-corrected chi connectivity index (χ4v) is 2.05. The highest BCUT2D eigenvalue weighted by atomic mass is 19.4. The standard InChI is InChI=1S/C13H13F3N2/c14-13(15,16)11-3-1-2-10(8-11)12(9-4-5-9)18-7-6-17/h1-3,8-9,12,18H,4-5,7H2/t12-/m0/s1. The molecule has 1 aromatic rings. The Bertz CT molecular complexity index is 458. The van der Waals surface area contributed by atoms with Crippen LogP contribution in [0.2, 0.25) is 0 Å². The number of hydrogen-bond donors (Lipinski definition) is 1. The number of benzene rings is 1. The number of rotatable bonds is 4. The van der Waals surface area contributed by atoms with E-state index in [4.69, 9.17) is 5.26 Å². The predicted octanol–water partition coefficient (Wildman–Crippen LogP) is 3.27. The van der Waals surface area contributed by atoms with Gasteiger partial charge in [0.15, 0.2) is 0 Å². The summed E-state index contributed by atoms with van der Waals surface area (Å²) in [4.78, 5) is 0. The summed E-state index contributed by atoms with van der Waals surface area (Å²) in [5.41, 5.74) is -0.0213. The van der Waals surface area contributed by atoms with Crippen LogP contribution >= 0.6 is 0 Å². The van der Waals surface area contributed by atoms with Crippen molar-refractivity contribution in [3.05, 3.63) is 35.4 Å². The molecule has 1 saturated carbocycles. The lowest BCUT2D eigenvalue weighted by molar-refractivity contribution is -0.137. The highest BCUT2D eigenvalue weighted by molar-refractivity contribution is 5.29. The van der Waals surface area contributed by atoms with E-state index in [1.54, 1.807) is 6.07 Å². The van der Waals surface area contributed by atoms with Crippen LogP contribution < -0.4 is 5.32 Å². The van der Waals surface area contributed by atoms with Gasteiger partial charge in [-0.3, -0.25) is 5.32 Å². The van der Waals surface area contributed by atoms with Crippen LogP contribution in [0.15, 0.2) is 24.3 Å². The van der Waals surface area contributed by atoms with Crippen LogP contribution in [0.25, 0.3) is 0 Å². The molecule has 0 amide bonds. The zero-order valence-corrected chi connectivity index (χ0v) is 9.67. The van der Waals surface area contributed by atoms with Gasteiger partial charge in [0.25, 0.3) is 0 Å². The normalized spacial score (nSPS) is 17.2. The fourth-order valence-electron chi connectivity index (χ4n) is 2.05. The van der Waals surface area contributed by atoms with Gasteiger partial charge in [-0.1, -0.05) is 12.1 Å². The summed E-state index contributed by atoms with van der Waals surface area (Å²) in [7, 11) is 0. The Hall–Kier alpha value is -1.54. The van der Waals surface area contributed by atoms with E-state index in [9.17, 15) is 13.2 Å². The maximum atomic E-state index is 12.6. The molecule has 1 N–H and O–H groups in total. The molecule has 0 unspecified atom stereocenters. The number of hydrogen-bond acceptors (Lipinski definition) is 2. The first-order chi connectivity index (χ1) is 8.52. The molecule has 2 rings (SSSR count). The number of nitriles is 1. The first kappa shape index (κ1) is 12.9. The Balaban J connectivity index is 2.22. The van der Waals surface area contributed by atoms with Crippen LogP contribution in [-0.4, -0.2) is 6.54 Å². The SMILES string of the molecule is N#CCN[C@H](c1cccc(C(F)(F)F)c1)C1CC1. The molecule has 2 nitrogen and oxygen atoms in total. The van der Waals surface area contributed by atoms with E-state index in [0.29, 0.717) is 11.5 Å². The Morgan fingerprint density at radius 2 is 2.11 bits per heavy atom. The van der Waals surface area contributed by atoms with Gasteiger partial charge in [-0.25, -0.2) is 0 Å². The lowest BCUT2D eigenvalue weighted by atomic mass is 10.00. The molecular formula is C13H13F3N2. The number of nitrogens with zero attached hydrogens (tertiary/aromatic N) is 1. The minimum atomic E-state index is -4.32. The van der Waals surface area contributed by atoms with E-state index in [0.717, 1.165) is 18.9 Å². The summed E-state index contributed by atoms with van der Waals surface area (Å²) in [5, 5.41) is 11.6. The third-order valence-corrected chi connectivity index (χ3v) is 3.07. The smallest absolute Gasteiger partial charge is 0.297 e. The van der Waals surface area contributed by atoms with Crippen LogP contribution in [0.3, 0.4) is 0 Å². The molecule has 0 heterocycles. The van der Waals surface area contributed by atoms with E-state index in [2.05, 4.69) is 5.32 Å². The Labute approximate surface area is 103 Å². The molecule has 0 aromatic heterocycles. The maximum absolute atomic E-state index is 12.6. The van der Waals surface area contributed by atoms with Crippen molar-refractivity contribution < 1.29 is 13.2 Å². The van der Waals surface area contributed by atoms with E-state index >= 15 is 0 Å². The largest absolute Gasteiger partial charge is 0.416 e. The summed E-state index contributed by atoms with van der Waals surface area (Å²) in [6.45, 7) is 0.150. The van der Waals surface area contributed by atoms with Crippen molar-refractivity contribution in [2.45, 2.75) is 25.1 Å². The average Bonchev–Trinajstić information content (AvgIpc) is 3.13. The van der Waals surface area contributed by atoms with Gasteiger partial charge >= 0.3 is 6.18 Å². The van der Waals surface area contributed by atoms with Crippen LogP contribution in [0.5, 0.6) is 0 Å². The highest BCUT2D eigenvalue weighted by Gasteiger charge is 2.34. The minimum absolute atomic E-state index is 0.146. The Morgan fingerprint density at radius 3 is 2.67 bits per heavy atom. The number of nitrogens with one attached hydrogen (secondary N) is 1. The van der Waals surface area contributed by atoms with E-state index in [-0.39, 0.29) is 12.6 Å². The van der Waals surface area contributed by atoms with Crippen LogP contribution in [0.4, 0.5) is 13.2 Å². The average molecular weight is 254 g/mol. The molecule has 0 bridgehead atoms. The first-order valence-electron chi connectivity index (χ1n) is 5.80. The summed E-state index contributed by atoms with van der Waals surface area (Å²) >= 11 is 0. The maximum Gasteiger partial charge on any atom is 0.416 e. The van der Waals surface area contributed by atoms with E-state index in [1.807, 2.05) is 6.07 Å². The molecule has 0 saturated heterocycles. The molecule has 18 heavy (non-hydrogen) atoms. The molecule has 96 valence electrons. The van der Waals surface area contributed by atoms with Crippen molar-refractivity contribution in [1.82, 2.24) is 5.32 Å². The number of halogens is 3. The molecule has 1 aliphatic carbocycles. The van der Waals surface area contributed by atoms with Crippen molar-refractivity contribution in [3.63, 3.8) is 0 Å². The second-order valence-electron chi connectivity index (χ2n) is 4.48. The monoisotopic (exact) mass is 254 g/mol. The molecule has 1 aromatic carbocycles. The highest BCUT2D eigenvalue weighted by Crippen LogP contribution is 2.42. The second kappa shape index (κ2) is 4.99. The van der Waals surface area contributed by atoms with Crippen molar-refractivity contribution in [3.8, 4) is 6.07 Å². The van der Waals surface area contributed by atoms with Gasteiger partial charge in [-0.2, -0.15) is 18.4 Å². The first-order valence-corrected chi connectivity index (χ1v) is 5.80. The molecule has 1 aliphatic rings. The number of alkyl halides is 3. The Morgan fingerprint density at radius 1 is 1.39 bits per heavy atom. The lowest BCUT2D eigenvalue weighted by Gasteiger charge is -2.18. The third kappa shape index (κ3) is 3.02. The van der Waals surface area contributed by atoms with Crippen molar-refractivity contribution in [2.24, 2.45) is 5.92 Å². The minimum Gasteiger partial charge on any atom is -0.297 e. The predicted molar refractivity (Wildman–Crippen MR) is 60.5 cm³/mol. The van der Waals surface area contributed by atoms with E-state index in [1.165, 1.54) is 12.1 Å². The zero-order chi connectivity index (χ0) is 13.2. The van der Waals surface area contributed by atoms with Gasteiger partial charge in [0.1, 0.15) is 0 Å². The summed E-state index contributed by atoms with van der Waals surface area (Å²) in [5.74, 6) is 0.349. The molecule has 1 atom stereocenters. The van der Waals surface area contributed by atoms with Crippen LogP contribution in [0, 0.1) is 17.2 Å². The van der Waals surface area contributed by atoms with Gasteiger partial charge in [0, 0.05) is 6.04 Å². The summed E-state index contributed by atoms with van der Waals surface area (Å²) in [6, 6.07) is 7.16. The molecular weight excluding hydrogens is 241 g/mol. The summed E-state index contributed by atoms with van der Waals surface area (Å²) < 4.78 is 37.9. The third-order valence-electron chi connectivity index (χ3n) is 3.07. The van der Waals surface area contributed by atoms with Gasteiger partial charge in [-0.05, 0) is 36.5 Å². The van der Waals surface area contributed by atoms with Crippen molar-refractivity contribution in [2.75, 3.05) is 6.54 Å².